The van der Waals surface area contributed by atoms with E-state index in [0.29, 0.717) is 30.1 Å². The number of nitriles is 1. The minimum absolute atomic E-state index is 0.0315. The molecule has 0 saturated carbocycles. The van der Waals surface area contributed by atoms with E-state index in [1.54, 1.807) is 24.4 Å². The first-order chi connectivity index (χ1) is 15.4. The van der Waals surface area contributed by atoms with Crippen LogP contribution in [0.5, 0.6) is 0 Å². The molecule has 7 heteroatoms. The number of aliphatic hydroxyl groups is 1. The van der Waals surface area contributed by atoms with Gasteiger partial charge in [0.05, 0.1) is 17.8 Å². The Morgan fingerprint density at radius 3 is 2.81 bits per heavy atom. The lowest BCUT2D eigenvalue weighted by Gasteiger charge is -2.22. The van der Waals surface area contributed by atoms with Crippen LogP contribution < -0.4 is 5.32 Å². The Morgan fingerprint density at radius 1 is 1.25 bits per heavy atom. The average Bonchev–Trinajstić information content (AvgIpc) is 3.46. The first-order valence-electron chi connectivity index (χ1n) is 10.3. The molecule has 32 heavy (non-hydrogen) atoms. The number of aromatic nitrogens is 2. The van der Waals surface area contributed by atoms with Crippen molar-refractivity contribution in [2.45, 2.75) is 20.4 Å². The number of nitrogens with zero attached hydrogens (tertiary/aromatic N) is 3. The molecule has 162 valence electrons. The molecular weight excluding hydrogens is 404 g/mol. The third-order valence-electron chi connectivity index (χ3n) is 5.40. The fourth-order valence-electron chi connectivity index (χ4n) is 3.53. The monoisotopic (exact) mass is 428 g/mol. The predicted octanol–water partition coefficient (Wildman–Crippen LogP) is 3.96. The molecule has 0 fully saturated rings. The highest BCUT2D eigenvalue weighted by Gasteiger charge is 2.21. The Kier molecular flexibility index (Phi) is 5.80. The highest BCUT2D eigenvalue weighted by Crippen LogP contribution is 2.25. The molecule has 0 aliphatic heterocycles. The van der Waals surface area contributed by atoms with Gasteiger partial charge in [0.2, 0.25) is 0 Å². The van der Waals surface area contributed by atoms with Crippen molar-refractivity contribution >= 4 is 16.8 Å². The van der Waals surface area contributed by atoms with E-state index in [9.17, 15) is 15.2 Å². The van der Waals surface area contributed by atoms with Gasteiger partial charge in [0.1, 0.15) is 5.69 Å². The van der Waals surface area contributed by atoms with Gasteiger partial charge < -0.3 is 19.4 Å². The van der Waals surface area contributed by atoms with E-state index in [-0.39, 0.29) is 12.5 Å². The lowest BCUT2D eigenvalue weighted by atomic mass is 9.95. The Hall–Kier alpha value is -3.89. The molecule has 0 saturated heterocycles. The van der Waals surface area contributed by atoms with Crippen LogP contribution in [0, 0.1) is 16.7 Å². The fraction of sp³-hybridized carbons (Fsp3) is 0.240. The van der Waals surface area contributed by atoms with E-state index >= 15 is 0 Å². The number of hydrogen-bond donors (Lipinski definition) is 2. The van der Waals surface area contributed by atoms with Gasteiger partial charge in [-0.1, -0.05) is 32.0 Å². The Labute approximate surface area is 185 Å². The average molecular weight is 428 g/mol. The molecule has 4 rings (SSSR count). The van der Waals surface area contributed by atoms with Crippen LogP contribution in [0.3, 0.4) is 0 Å². The molecule has 1 amide bonds. The van der Waals surface area contributed by atoms with Crippen LogP contribution in [0.1, 0.15) is 35.5 Å². The number of carbonyl (C=O) groups excluding carboxylic acids is 1. The maximum Gasteiger partial charge on any atom is 0.267 e. The summed E-state index contributed by atoms with van der Waals surface area (Å²) in [6.45, 7) is 4.54. The highest BCUT2D eigenvalue weighted by atomic mass is 16.3. The molecule has 2 heterocycles. The molecule has 7 nitrogen and oxygen atoms in total. The molecule has 2 aromatic heterocycles. The van der Waals surface area contributed by atoms with Crippen molar-refractivity contribution in [3.8, 4) is 17.4 Å². The lowest BCUT2D eigenvalue weighted by molar-refractivity contribution is 0.0903. The standard InChI is InChI=1S/C25H24N4O3/c1-25(2,15-30)14-28-24(31)22-10-20-8-17(11-26)6-7-21(20)29(22)13-18-4-3-5-19(9-18)23-12-27-16-32-23/h3-10,12,16,30H,13-15H2,1-2H3,(H,28,31). The van der Waals surface area contributed by atoms with Gasteiger partial charge in [-0.3, -0.25) is 4.79 Å². The van der Waals surface area contributed by atoms with E-state index in [2.05, 4.69) is 16.4 Å². The zero-order valence-electron chi connectivity index (χ0n) is 18.0. The molecule has 4 aromatic rings. The van der Waals surface area contributed by atoms with Crippen molar-refractivity contribution in [1.29, 1.82) is 5.26 Å². The summed E-state index contributed by atoms with van der Waals surface area (Å²) < 4.78 is 7.35. The van der Waals surface area contributed by atoms with E-state index in [1.807, 2.05) is 48.7 Å². The van der Waals surface area contributed by atoms with Gasteiger partial charge in [-0.2, -0.15) is 5.26 Å². The van der Waals surface area contributed by atoms with E-state index in [0.717, 1.165) is 22.0 Å². The maximum absolute atomic E-state index is 13.1. The van der Waals surface area contributed by atoms with Gasteiger partial charge in [-0.25, -0.2) is 4.98 Å². The van der Waals surface area contributed by atoms with Crippen molar-refractivity contribution in [2.24, 2.45) is 5.41 Å². The number of oxazole rings is 1. The summed E-state index contributed by atoms with van der Waals surface area (Å²) in [5.41, 5.74) is 3.36. The van der Waals surface area contributed by atoms with Crippen molar-refractivity contribution in [1.82, 2.24) is 14.9 Å². The van der Waals surface area contributed by atoms with Gasteiger partial charge in [-0.05, 0) is 35.9 Å². The summed E-state index contributed by atoms with van der Waals surface area (Å²) in [6, 6.07) is 17.2. The number of nitrogens with one attached hydrogen (secondary N) is 1. The second kappa shape index (κ2) is 8.69. The molecule has 0 aliphatic rings. The van der Waals surface area contributed by atoms with E-state index in [4.69, 9.17) is 4.42 Å². The molecule has 0 radical (unpaired) electrons. The summed E-state index contributed by atoms with van der Waals surface area (Å²) in [5.74, 6) is 0.444. The summed E-state index contributed by atoms with van der Waals surface area (Å²) in [4.78, 5) is 17.1. The van der Waals surface area contributed by atoms with Gasteiger partial charge >= 0.3 is 0 Å². The van der Waals surface area contributed by atoms with Crippen LogP contribution in [0.25, 0.3) is 22.2 Å². The SMILES string of the molecule is CC(C)(CO)CNC(=O)c1cc2cc(C#N)ccc2n1Cc1cccc(-c2cnco2)c1. The molecule has 0 spiro atoms. The third kappa shape index (κ3) is 4.41. The van der Waals surface area contributed by atoms with Crippen LogP contribution in [0.4, 0.5) is 0 Å². The summed E-state index contributed by atoms with van der Waals surface area (Å²) >= 11 is 0. The number of aliphatic hydroxyl groups excluding tert-OH is 1. The lowest BCUT2D eigenvalue weighted by Crippen LogP contribution is -2.36. The Balaban J connectivity index is 1.72. The fourth-order valence-corrected chi connectivity index (χ4v) is 3.53. The number of carbonyl (C=O) groups is 1. The number of benzene rings is 2. The van der Waals surface area contributed by atoms with Crippen LogP contribution in [-0.2, 0) is 6.54 Å². The molecule has 0 aliphatic carbocycles. The van der Waals surface area contributed by atoms with Gasteiger partial charge in [-0.15, -0.1) is 0 Å². The van der Waals surface area contributed by atoms with Gasteiger partial charge in [0.25, 0.3) is 5.91 Å². The van der Waals surface area contributed by atoms with Gasteiger partial charge in [0, 0.05) is 41.6 Å². The van der Waals surface area contributed by atoms with E-state index < -0.39 is 5.41 Å². The first kappa shape index (κ1) is 21.3. The topological polar surface area (TPSA) is 104 Å². The minimum Gasteiger partial charge on any atom is -0.444 e. The quantitative estimate of drug-likeness (QED) is 0.464. The van der Waals surface area contributed by atoms with Crippen LogP contribution >= 0.6 is 0 Å². The molecule has 0 atom stereocenters. The minimum atomic E-state index is -0.425. The maximum atomic E-state index is 13.1. The van der Waals surface area contributed by atoms with E-state index in [1.165, 1.54) is 6.39 Å². The van der Waals surface area contributed by atoms with Crippen molar-refractivity contribution in [3.63, 3.8) is 0 Å². The Bertz CT molecular complexity index is 1300. The van der Waals surface area contributed by atoms with Crippen molar-refractivity contribution in [3.05, 3.63) is 77.9 Å². The second-order valence-electron chi connectivity index (χ2n) is 8.57. The van der Waals surface area contributed by atoms with Crippen LogP contribution in [0.15, 0.2) is 65.5 Å². The highest BCUT2D eigenvalue weighted by molar-refractivity contribution is 5.99. The largest absolute Gasteiger partial charge is 0.444 e. The normalized spacial score (nSPS) is 11.4. The molecule has 0 bridgehead atoms. The molecule has 2 aromatic carbocycles. The van der Waals surface area contributed by atoms with Crippen molar-refractivity contribution in [2.75, 3.05) is 13.2 Å². The first-order valence-corrected chi connectivity index (χ1v) is 10.3. The Morgan fingerprint density at radius 2 is 2.09 bits per heavy atom. The van der Waals surface area contributed by atoms with Crippen LogP contribution in [-0.4, -0.2) is 33.7 Å². The number of fused-ring (bicyclic) bond motifs is 1. The van der Waals surface area contributed by atoms with Crippen molar-refractivity contribution < 1.29 is 14.3 Å². The summed E-state index contributed by atoms with van der Waals surface area (Å²) in [6.07, 6.45) is 3.06. The van der Waals surface area contributed by atoms with Crippen LogP contribution in [0.2, 0.25) is 0 Å². The van der Waals surface area contributed by atoms with Gasteiger partial charge in [0.15, 0.2) is 12.2 Å². The number of rotatable bonds is 7. The third-order valence-corrected chi connectivity index (χ3v) is 5.40. The smallest absolute Gasteiger partial charge is 0.267 e. The summed E-state index contributed by atoms with van der Waals surface area (Å²) in [5, 5.41) is 22.5. The second-order valence-corrected chi connectivity index (χ2v) is 8.57. The predicted molar refractivity (Wildman–Crippen MR) is 121 cm³/mol. The molecule has 2 N–H and O–H groups in total. The molecular formula is C25H24N4O3. The molecule has 0 unspecified atom stereocenters. The number of hydrogen-bond acceptors (Lipinski definition) is 5. The zero-order chi connectivity index (χ0) is 22.7. The summed E-state index contributed by atoms with van der Waals surface area (Å²) in [7, 11) is 0. The zero-order valence-corrected chi connectivity index (χ0v) is 18.0. The number of amides is 1.